The maximum Gasteiger partial charge on any atom is 0.254 e. The van der Waals surface area contributed by atoms with Gasteiger partial charge in [-0.25, -0.2) is 0 Å². The molecule has 1 aromatic rings. The van der Waals surface area contributed by atoms with Crippen molar-refractivity contribution in [2.24, 2.45) is 5.92 Å². The molecule has 1 aliphatic carbocycles. The van der Waals surface area contributed by atoms with Crippen LogP contribution < -0.4 is 5.32 Å². The number of aryl methyl sites for hydroxylation is 1. The Morgan fingerprint density at radius 3 is 3.00 bits per heavy atom. The van der Waals surface area contributed by atoms with Gasteiger partial charge in [-0.15, -0.1) is 0 Å². The van der Waals surface area contributed by atoms with Crippen LogP contribution in [-0.2, 0) is 6.42 Å². The number of carbonyl (C=O) groups is 1. The lowest BCUT2D eigenvalue weighted by atomic mass is 10.1. The smallest absolute Gasteiger partial charge is 0.254 e. The van der Waals surface area contributed by atoms with Crippen LogP contribution in [0.25, 0.3) is 0 Å². The van der Waals surface area contributed by atoms with Crippen LogP contribution in [0.15, 0.2) is 6.20 Å². The van der Waals surface area contributed by atoms with E-state index in [1.807, 2.05) is 6.92 Å². The number of aromatic nitrogens is 2. The Balaban J connectivity index is 1.46. The first-order valence-corrected chi connectivity index (χ1v) is 8.32. The van der Waals surface area contributed by atoms with Crippen LogP contribution in [0, 0.1) is 5.92 Å². The monoisotopic (exact) mass is 290 g/mol. The van der Waals surface area contributed by atoms with Crippen molar-refractivity contribution in [2.75, 3.05) is 19.6 Å². The largest absolute Gasteiger partial charge is 0.352 e. The van der Waals surface area contributed by atoms with Crippen molar-refractivity contribution in [3.63, 3.8) is 0 Å². The second-order valence-corrected chi connectivity index (χ2v) is 6.41. The molecule has 1 unspecified atom stereocenters. The lowest BCUT2D eigenvalue weighted by Gasteiger charge is -2.23. The van der Waals surface area contributed by atoms with Crippen molar-refractivity contribution in [3.05, 3.63) is 17.5 Å². The molecule has 2 aliphatic rings. The Bertz CT molecular complexity index is 478. The number of hydrogen-bond donors (Lipinski definition) is 2. The summed E-state index contributed by atoms with van der Waals surface area (Å²) in [5.74, 6) is 0.617. The fraction of sp³-hybridized carbons (Fsp3) is 0.750. The highest BCUT2D eigenvalue weighted by molar-refractivity contribution is 5.95. The lowest BCUT2D eigenvalue weighted by molar-refractivity contribution is 0.0946. The number of likely N-dealkylation sites (tertiary alicyclic amines) is 1. The zero-order valence-electron chi connectivity index (χ0n) is 12.9. The maximum absolute atomic E-state index is 12.2. The molecule has 2 heterocycles. The summed E-state index contributed by atoms with van der Waals surface area (Å²) in [7, 11) is 0. The molecule has 0 radical (unpaired) electrons. The third-order valence-electron chi connectivity index (χ3n) is 5.03. The molecule has 3 rings (SSSR count). The average Bonchev–Trinajstić information content (AvgIpc) is 3.24. The van der Waals surface area contributed by atoms with E-state index in [1.54, 1.807) is 6.20 Å². The molecular formula is C16H26N4O. The fourth-order valence-corrected chi connectivity index (χ4v) is 3.74. The molecule has 1 amide bonds. The number of amides is 1. The summed E-state index contributed by atoms with van der Waals surface area (Å²) in [6.07, 6.45) is 9.17. The summed E-state index contributed by atoms with van der Waals surface area (Å²) in [5.41, 5.74) is 1.62. The molecule has 2 N–H and O–H groups in total. The van der Waals surface area contributed by atoms with Crippen molar-refractivity contribution in [2.45, 2.75) is 51.5 Å². The van der Waals surface area contributed by atoms with Crippen LogP contribution in [0.3, 0.4) is 0 Å². The molecule has 5 nitrogen and oxygen atoms in total. The molecule has 1 saturated heterocycles. The predicted molar refractivity (Wildman–Crippen MR) is 82.2 cm³/mol. The molecule has 1 atom stereocenters. The number of H-pyrrole nitrogens is 1. The van der Waals surface area contributed by atoms with Gasteiger partial charge in [0.25, 0.3) is 5.91 Å². The summed E-state index contributed by atoms with van der Waals surface area (Å²) in [6.45, 7) is 5.17. The second kappa shape index (κ2) is 6.60. The first-order valence-electron chi connectivity index (χ1n) is 8.32. The Kier molecular flexibility index (Phi) is 4.58. The van der Waals surface area contributed by atoms with Gasteiger partial charge in [-0.1, -0.05) is 19.8 Å². The van der Waals surface area contributed by atoms with Crippen molar-refractivity contribution in [3.8, 4) is 0 Å². The standard InChI is InChI=1S/C16H26N4O/c1-2-15-14(10-18-19-15)16(21)17-9-12-7-8-20(11-12)13-5-3-4-6-13/h10,12-13H,2-9,11H2,1H3,(H,17,21)(H,18,19). The summed E-state index contributed by atoms with van der Waals surface area (Å²) in [6, 6.07) is 0.811. The van der Waals surface area contributed by atoms with Crippen molar-refractivity contribution >= 4 is 5.91 Å². The minimum atomic E-state index is 0.0138. The van der Waals surface area contributed by atoms with E-state index in [-0.39, 0.29) is 5.91 Å². The normalized spacial score (nSPS) is 23.8. The molecule has 0 spiro atoms. The molecule has 1 aromatic heterocycles. The van der Waals surface area contributed by atoms with E-state index in [4.69, 9.17) is 0 Å². The Morgan fingerprint density at radius 2 is 2.24 bits per heavy atom. The predicted octanol–water partition coefficient (Wildman–Crippen LogP) is 1.97. The van der Waals surface area contributed by atoms with Gasteiger partial charge in [-0.3, -0.25) is 9.89 Å². The van der Waals surface area contributed by atoms with Crippen molar-refractivity contribution < 1.29 is 4.79 Å². The van der Waals surface area contributed by atoms with E-state index in [1.165, 1.54) is 38.6 Å². The molecule has 116 valence electrons. The first kappa shape index (κ1) is 14.6. The topological polar surface area (TPSA) is 61.0 Å². The van der Waals surface area contributed by atoms with Gasteiger partial charge >= 0.3 is 0 Å². The van der Waals surface area contributed by atoms with Crippen LogP contribution in [0.1, 0.15) is 55.1 Å². The molecule has 1 saturated carbocycles. The maximum atomic E-state index is 12.2. The van der Waals surface area contributed by atoms with Gasteiger partial charge in [-0.05, 0) is 38.1 Å². The highest BCUT2D eigenvalue weighted by atomic mass is 16.1. The lowest BCUT2D eigenvalue weighted by Crippen LogP contribution is -2.34. The van der Waals surface area contributed by atoms with Gasteiger partial charge in [0.05, 0.1) is 11.8 Å². The van der Waals surface area contributed by atoms with E-state index >= 15 is 0 Å². The zero-order chi connectivity index (χ0) is 14.7. The average molecular weight is 290 g/mol. The van der Waals surface area contributed by atoms with Gasteiger partial charge < -0.3 is 10.2 Å². The van der Waals surface area contributed by atoms with E-state index in [2.05, 4.69) is 20.4 Å². The van der Waals surface area contributed by atoms with Gasteiger partial charge in [0.2, 0.25) is 0 Å². The first-order chi connectivity index (χ1) is 10.3. The number of nitrogens with one attached hydrogen (secondary N) is 2. The van der Waals surface area contributed by atoms with E-state index in [0.717, 1.165) is 31.2 Å². The number of carbonyl (C=O) groups excluding carboxylic acids is 1. The number of rotatable bonds is 5. The highest BCUT2D eigenvalue weighted by Gasteiger charge is 2.30. The SMILES string of the molecule is CCc1[nH]ncc1C(=O)NCC1CCN(C2CCCC2)C1. The van der Waals surface area contributed by atoms with Crippen LogP contribution in [0.5, 0.6) is 0 Å². The molecule has 2 fully saturated rings. The molecule has 21 heavy (non-hydrogen) atoms. The molecular weight excluding hydrogens is 264 g/mol. The third kappa shape index (κ3) is 3.28. The van der Waals surface area contributed by atoms with Crippen molar-refractivity contribution in [1.82, 2.24) is 20.4 Å². The van der Waals surface area contributed by atoms with Crippen LogP contribution in [-0.4, -0.2) is 46.7 Å². The quantitative estimate of drug-likeness (QED) is 0.871. The van der Waals surface area contributed by atoms with Crippen molar-refractivity contribution in [1.29, 1.82) is 0 Å². The van der Waals surface area contributed by atoms with E-state index in [9.17, 15) is 4.79 Å². The van der Waals surface area contributed by atoms with Gasteiger partial charge in [0.15, 0.2) is 0 Å². The number of hydrogen-bond acceptors (Lipinski definition) is 3. The molecule has 5 heteroatoms. The fourth-order valence-electron chi connectivity index (χ4n) is 3.74. The molecule has 0 aromatic carbocycles. The van der Waals surface area contributed by atoms with Gasteiger partial charge in [-0.2, -0.15) is 5.10 Å². The third-order valence-corrected chi connectivity index (χ3v) is 5.03. The second-order valence-electron chi connectivity index (χ2n) is 6.41. The number of aromatic amines is 1. The summed E-state index contributed by atoms with van der Waals surface area (Å²) in [4.78, 5) is 14.8. The van der Waals surface area contributed by atoms with E-state index < -0.39 is 0 Å². The zero-order valence-corrected chi connectivity index (χ0v) is 12.9. The van der Waals surface area contributed by atoms with E-state index in [0.29, 0.717) is 11.5 Å². The highest BCUT2D eigenvalue weighted by Crippen LogP contribution is 2.28. The molecule has 1 aliphatic heterocycles. The minimum Gasteiger partial charge on any atom is -0.352 e. The summed E-state index contributed by atoms with van der Waals surface area (Å²) in [5, 5.41) is 9.94. The summed E-state index contributed by atoms with van der Waals surface area (Å²) < 4.78 is 0. The number of nitrogens with zero attached hydrogens (tertiary/aromatic N) is 2. The Hall–Kier alpha value is -1.36. The minimum absolute atomic E-state index is 0.0138. The van der Waals surface area contributed by atoms with Crippen LogP contribution in [0.4, 0.5) is 0 Å². The van der Waals surface area contributed by atoms with Crippen LogP contribution >= 0.6 is 0 Å². The van der Waals surface area contributed by atoms with Crippen LogP contribution in [0.2, 0.25) is 0 Å². The Labute approximate surface area is 126 Å². The van der Waals surface area contributed by atoms with Gasteiger partial charge in [0, 0.05) is 24.8 Å². The summed E-state index contributed by atoms with van der Waals surface area (Å²) >= 11 is 0. The Morgan fingerprint density at radius 1 is 1.43 bits per heavy atom. The van der Waals surface area contributed by atoms with Gasteiger partial charge in [0.1, 0.15) is 0 Å². The molecule has 0 bridgehead atoms.